The Hall–Kier alpha value is -2.97. The van der Waals surface area contributed by atoms with Crippen LogP contribution in [-0.2, 0) is 11.2 Å². The van der Waals surface area contributed by atoms with Crippen LogP contribution >= 0.6 is 22.9 Å². The molecule has 0 bridgehead atoms. The van der Waals surface area contributed by atoms with Gasteiger partial charge in [0.1, 0.15) is 11.0 Å². The molecule has 0 spiro atoms. The second kappa shape index (κ2) is 11.2. The zero-order chi connectivity index (χ0) is 23.0. The Morgan fingerprint density at radius 1 is 1.03 bits per heavy atom. The summed E-state index contributed by atoms with van der Waals surface area (Å²) < 4.78 is 0. The van der Waals surface area contributed by atoms with E-state index in [2.05, 4.69) is 26.1 Å². The van der Waals surface area contributed by atoms with Gasteiger partial charge < -0.3 is 10.6 Å². The summed E-state index contributed by atoms with van der Waals surface area (Å²) in [5, 5.41) is 18.5. The molecule has 7 nitrogen and oxygen atoms in total. The van der Waals surface area contributed by atoms with E-state index >= 15 is 0 Å². The molecule has 172 valence electrons. The minimum atomic E-state index is -0.755. The van der Waals surface area contributed by atoms with Gasteiger partial charge in [-0.05, 0) is 30.5 Å². The van der Waals surface area contributed by atoms with Gasteiger partial charge >= 0.3 is 6.03 Å². The van der Waals surface area contributed by atoms with Crippen LogP contribution in [0.1, 0.15) is 37.7 Å². The van der Waals surface area contributed by atoms with Crippen molar-refractivity contribution in [2.24, 2.45) is 0 Å². The quantitative estimate of drug-likeness (QED) is 0.438. The van der Waals surface area contributed by atoms with Crippen molar-refractivity contribution >= 4 is 40.0 Å². The molecular weight excluding hydrogens is 458 g/mol. The largest absolute Gasteiger partial charge is 0.335 e. The molecule has 3 amide bonds. The number of carbonyl (C=O) groups excluding carboxylic acids is 2. The molecule has 9 heteroatoms. The van der Waals surface area contributed by atoms with Crippen molar-refractivity contribution < 1.29 is 9.59 Å². The summed E-state index contributed by atoms with van der Waals surface area (Å²) in [4.78, 5) is 25.8. The summed E-state index contributed by atoms with van der Waals surface area (Å²) in [5.74, 6) is -0.341. The van der Waals surface area contributed by atoms with E-state index in [1.807, 2.05) is 42.5 Å². The van der Waals surface area contributed by atoms with Crippen molar-refractivity contribution in [1.82, 2.24) is 20.8 Å². The molecule has 2 aromatic carbocycles. The number of aromatic nitrogens is 2. The van der Waals surface area contributed by atoms with Gasteiger partial charge in [0, 0.05) is 23.0 Å². The summed E-state index contributed by atoms with van der Waals surface area (Å²) in [6.45, 7) is 0. The standard InChI is InChI=1S/C24H26ClN5O2S/c25-18-11-7-10-17(15-18)22-29-30-24(33-22)28-21(31)20(14-16-8-3-1-4-9-16)27-23(32)26-19-12-5-2-6-13-19/h1,3-4,7-11,15,19-20H,2,5-6,12-14H2,(H2,26,27,32)(H,28,30,31)/t20-/m1/s1. The molecule has 1 aliphatic rings. The third-order valence-corrected chi connectivity index (χ3v) is 6.69. The number of nitrogens with one attached hydrogen (secondary N) is 3. The number of rotatable bonds is 7. The van der Waals surface area contributed by atoms with Crippen LogP contribution in [0.25, 0.3) is 10.6 Å². The first-order chi connectivity index (χ1) is 16.1. The highest BCUT2D eigenvalue weighted by molar-refractivity contribution is 7.18. The zero-order valence-corrected chi connectivity index (χ0v) is 19.7. The lowest BCUT2D eigenvalue weighted by Gasteiger charge is -2.25. The van der Waals surface area contributed by atoms with Crippen LogP contribution in [0.3, 0.4) is 0 Å². The van der Waals surface area contributed by atoms with Crippen LogP contribution in [0.4, 0.5) is 9.93 Å². The van der Waals surface area contributed by atoms with Gasteiger partial charge in [0.2, 0.25) is 11.0 Å². The zero-order valence-electron chi connectivity index (χ0n) is 18.1. The van der Waals surface area contributed by atoms with Crippen molar-refractivity contribution in [3.8, 4) is 10.6 Å². The maximum absolute atomic E-state index is 13.1. The van der Waals surface area contributed by atoms with Crippen molar-refractivity contribution in [3.63, 3.8) is 0 Å². The molecule has 0 radical (unpaired) electrons. The average Bonchev–Trinajstić information content (AvgIpc) is 3.28. The van der Waals surface area contributed by atoms with Crippen LogP contribution in [-0.4, -0.2) is 34.2 Å². The first-order valence-corrected chi connectivity index (χ1v) is 12.3. The van der Waals surface area contributed by atoms with E-state index in [9.17, 15) is 9.59 Å². The van der Waals surface area contributed by atoms with Crippen molar-refractivity contribution in [1.29, 1.82) is 0 Å². The Labute approximate surface area is 202 Å². The van der Waals surface area contributed by atoms with Crippen molar-refractivity contribution in [2.45, 2.75) is 50.6 Å². The fraction of sp³-hybridized carbons (Fsp3) is 0.333. The van der Waals surface area contributed by atoms with E-state index in [1.165, 1.54) is 17.8 Å². The highest BCUT2D eigenvalue weighted by Gasteiger charge is 2.24. The highest BCUT2D eigenvalue weighted by Crippen LogP contribution is 2.28. The van der Waals surface area contributed by atoms with E-state index < -0.39 is 6.04 Å². The number of amides is 3. The molecule has 0 unspecified atom stereocenters. The van der Waals surface area contributed by atoms with E-state index in [0.29, 0.717) is 21.6 Å². The SMILES string of the molecule is O=C(NC1CCCCC1)N[C@H](Cc1ccccc1)C(=O)Nc1nnc(-c2cccc(Cl)c2)s1. The molecule has 1 heterocycles. The number of anilines is 1. The van der Waals surface area contributed by atoms with Crippen molar-refractivity contribution in [2.75, 3.05) is 5.32 Å². The summed E-state index contributed by atoms with van der Waals surface area (Å²) in [5.41, 5.74) is 1.78. The first kappa shape index (κ1) is 23.2. The average molecular weight is 484 g/mol. The normalized spacial score (nSPS) is 14.9. The number of halogens is 1. The highest BCUT2D eigenvalue weighted by atomic mass is 35.5. The second-order valence-corrected chi connectivity index (χ2v) is 9.52. The number of urea groups is 1. The molecule has 1 aromatic heterocycles. The van der Waals surface area contributed by atoms with Gasteiger partial charge in [-0.15, -0.1) is 10.2 Å². The van der Waals surface area contributed by atoms with E-state index in [4.69, 9.17) is 11.6 Å². The molecule has 3 aromatic rings. The third kappa shape index (κ3) is 6.76. The summed E-state index contributed by atoms with van der Waals surface area (Å²) in [7, 11) is 0. The summed E-state index contributed by atoms with van der Waals surface area (Å²) in [6, 6.07) is 16.0. The van der Waals surface area contributed by atoms with Crippen LogP contribution in [0, 0.1) is 0 Å². The maximum Gasteiger partial charge on any atom is 0.315 e. The minimum Gasteiger partial charge on any atom is -0.335 e. The minimum absolute atomic E-state index is 0.155. The number of hydrogen-bond donors (Lipinski definition) is 3. The van der Waals surface area contributed by atoms with Crippen LogP contribution in [0.15, 0.2) is 54.6 Å². The van der Waals surface area contributed by atoms with E-state index in [1.54, 1.807) is 12.1 Å². The van der Waals surface area contributed by atoms with Gasteiger partial charge in [0.15, 0.2) is 0 Å². The number of benzene rings is 2. The van der Waals surface area contributed by atoms with Gasteiger partial charge in [-0.3, -0.25) is 10.1 Å². The summed E-state index contributed by atoms with van der Waals surface area (Å²) in [6.07, 6.45) is 5.75. The molecule has 1 aliphatic carbocycles. The van der Waals surface area contributed by atoms with Gasteiger partial charge in [-0.2, -0.15) is 0 Å². The number of nitrogens with zero attached hydrogens (tertiary/aromatic N) is 2. The van der Waals surface area contributed by atoms with Crippen molar-refractivity contribution in [3.05, 3.63) is 65.2 Å². The molecule has 4 rings (SSSR count). The Kier molecular flexibility index (Phi) is 7.91. The maximum atomic E-state index is 13.1. The Morgan fingerprint density at radius 3 is 2.58 bits per heavy atom. The van der Waals surface area contributed by atoms with Crippen LogP contribution in [0.5, 0.6) is 0 Å². The van der Waals surface area contributed by atoms with Crippen LogP contribution < -0.4 is 16.0 Å². The predicted molar refractivity (Wildman–Crippen MR) is 131 cm³/mol. The number of carbonyl (C=O) groups is 2. The fourth-order valence-corrected chi connectivity index (χ4v) is 4.83. The summed E-state index contributed by atoms with van der Waals surface area (Å²) >= 11 is 7.32. The van der Waals surface area contributed by atoms with Crippen LogP contribution in [0.2, 0.25) is 5.02 Å². The molecule has 1 atom stereocenters. The van der Waals surface area contributed by atoms with Gasteiger partial charge in [-0.1, -0.05) is 84.7 Å². The van der Waals surface area contributed by atoms with E-state index in [-0.39, 0.29) is 18.0 Å². The second-order valence-electron chi connectivity index (χ2n) is 8.11. The predicted octanol–water partition coefficient (Wildman–Crippen LogP) is 5.04. The Bertz CT molecular complexity index is 1090. The molecule has 0 aliphatic heterocycles. The van der Waals surface area contributed by atoms with Gasteiger partial charge in [-0.25, -0.2) is 4.79 Å². The van der Waals surface area contributed by atoms with E-state index in [0.717, 1.165) is 36.8 Å². The fourth-order valence-electron chi connectivity index (χ4n) is 3.90. The lowest BCUT2D eigenvalue weighted by molar-refractivity contribution is -0.117. The first-order valence-electron chi connectivity index (χ1n) is 11.1. The van der Waals surface area contributed by atoms with Gasteiger partial charge in [0.25, 0.3) is 0 Å². The third-order valence-electron chi connectivity index (χ3n) is 5.57. The Balaban J connectivity index is 1.44. The topological polar surface area (TPSA) is 96.0 Å². The molecule has 1 saturated carbocycles. The lowest BCUT2D eigenvalue weighted by atomic mass is 9.96. The molecule has 0 saturated heterocycles. The Morgan fingerprint density at radius 2 is 1.82 bits per heavy atom. The monoisotopic (exact) mass is 483 g/mol. The smallest absolute Gasteiger partial charge is 0.315 e. The molecular formula is C24H26ClN5O2S. The molecule has 3 N–H and O–H groups in total. The lowest BCUT2D eigenvalue weighted by Crippen LogP contribution is -2.51. The number of hydrogen-bond acceptors (Lipinski definition) is 5. The molecule has 1 fully saturated rings. The van der Waals surface area contributed by atoms with Gasteiger partial charge in [0.05, 0.1) is 0 Å². The molecule has 33 heavy (non-hydrogen) atoms.